The van der Waals surface area contributed by atoms with E-state index in [1.165, 1.54) is 41.8 Å². The molecule has 0 atom stereocenters. The van der Waals surface area contributed by atoms with Gasteiger partial charge in [-0.05, 0) is 23.6 Å². The Bertz CT molecular complexity index is 606. The number of hydrazone groups is 1. The van der Waals surface area contributed by atoms with Gasteiger partial charge in [-0.2, -0.15) is 5.10 Å². The standard InChI is InChI=1S/C12H9N3O3S/c16-12(14-13-8-11-2-1-7-19-11)9-3-5-10(6-4-9)15(17)18/h1-8H,(H,14,16)/b13-8-. The molecule has 1 aromatic carbocycles. The largest absolute Gasteiger partial charge is 0.271 e. The molecule has 0 spiro atoms. The van der Waals surface area contributed by atoms with Crippen molar-refractivity contribution in [2.75, 3.05) is 0 Å². The van der Waals surface area contributed by atoms with E-state index in [-0.39, 0.29) is 5.69 Å². The van der Waals surface area contributed by atoms with Gasteiger partial charge in [0, 0.05) is 22.6 Å². The van der Waals surface area contributed by atoms with Gasteiger partial charge in [0.1, 0.15) is 0 Å². The van der Waals surface area contributed by atoms with Crippen molar-refractivity contribution in [1.82, 2.24) is 5.43 Å². The fourth-order valence-electron chi connectivity index (χ4n) is 1.32. The molecule has 2 rings (SSSR count). The van der Waals surface area contributed by atoms with E-state index in [1.807, 2.05) is 17.5 Å². The summed E-state index contributed by atoms with van der Waals surface area (Å²) in [6.07, 6.45) is 1.54. The molecule has 0 unspecified atom stereocenters. The van der Waals surface area contributed by atoms with E-state index in [2.05, 4.69) is 10.5 Å². The molecule has 2 aromatic rings. The molecule has 0 bridgehead atoms. The minimum Gasteiger partial charge on any atom is -0.267 e. The number of nitro groups is 1. The highest BCUT2D eigenvalue weighted by molar-refractivity contribution is 7.11. The first-order valence-corrected chi connectivity index (χ1v) is 6.16. The van der Waals surface area contributed by atoms with Gasteiger partial charge < -0.3 is 0 Å². The van der Waals surface area contributed by atoms with Crippen molar-refractivity contribution in [3.8, 4) is 0 Å². The van der Waals surface area contributed by atoms with Gasteiger partial charge in [0.2, 0.25) is 0 Å². The van der Waals surface area contributed by atoms with E-state index in [4.69, 9.17) is 0 Å². The molecular formula is C12H9N3O3S. The molecule has 0 fully saturated rings. The zero-order valence-electron chi connectivity index (χ0n) is 9.65. The molecule has 0 radical (unpaired) electrons. The van der Waals surface area contributed by atoms with Gasteiger partial charge in [0.25, 0.3) is 11.6 Å². The van der Waals surface area contributed by atoms with Crippen LogP contribution in [0.4, 0.5) is 5.69 Å². The van der Waals surface area contributed by atoms with E-state index in [0.717, 1.165) is 4.88 Å². The van der Waals surface area contributed by atoms with E-state index >= 15 is 0 Å². The van der Waals surface area contributed by atoms with Gasteiger partial charge in [-0.3, -0.25) is 14.9 Å². The second kappa shape index (κ2) is 5.87. The number of nitro benzene ring substituents is 1. The lowest BCUT2D eigenvalue weighted by Crippen LogP contribution is -2.17. The zero-order chi connectivity index (χ0) is 13.7. The van der Waals surface area contributed by atoms with Crippen molar-refractivity contribution in [3.05, 3.63) is 62.3 Å². The Balaban J connectivity index is 1.98. The van der Waals surface area contributed by atoms with Crippen LogP contribution in [-0.4, -0.2) is 17.0 Å². The van der Waals surface area contributed by atoms with Crippen LogP contribution < -0.4 is 5.43 Å². The van der Waals surface area contributed by atoms with Crippen LogP contribution in [0.25, 0.3) is 0 Å². The molecular weight excluding hydrogens is 266 g/mol. The number of thiophene rings is 1. The predicted octanol–water partition coefficient (Wildman–Crippen LogP) is 2.42. The van der Waals surface area contributed by atoms with Crippen LogP contribution in [0.3, 0.4) is 0 Å². The number of nitrogens with zero attached hydrogens (tertiary/aromatic N) is 2. The van der Waals surface area contributed by atoms with Gasteiger partial charge in [-0.25, -0.2) is 5.43 Å². The summed E-state index contributed by atoms with van der Waals surface area (Å²) in [5.74, 6) is -0.414. The average molecular weight is 275 g/mol. The Morgan fingerprint density at radius 1 is 1.32 bits per heavy atom. The van der Waals surface area contributed by atoms with Crippen molar-refractivity contribution < 1.29 is 9.72 Å². The molecule has 0 aliphatic heterocycles. The summed E-state index contributed by atoms with van der Waals surface area (Å²) in [5, 5.41) is 16.2. The summed E-state index contributed by atoms with van der Waals surface area (Å²) in [7, 11) is 0. The van der Waals surface area contributed by atoms with Gasteiger partial charge in [-0.15, -0.1) is 11.3 Å². The lowest BCUT2D eigenvalue weighted by molar-refractivity contribution is -0.384. The Hall–Kier alpha value is -2.54. The zero-order valence-corrected chi connectivity index (χ0v) is 10.5. The molecule has 1 amide bonds. The number of nitrogens with one attached hydrogen (secondary N) is 1. The van der Waals surface area contributed by atoms with Gasteiger partial charge in [-0.1, -0.05) is 6.07 Å². The highest BCUT2D eigenvalue weighted by atomic mass is 32.1. The number of hydrogen-bond donors (Lipinski definition) is 1. The maximum absolute atomic E-state index is 11.7. The van der Waals surface area contributed by atoms with Crippen molar-refractivity contribution in [1.29, 1.82) is 0 Å². The van der Waals surface area contributed by atoms with Crippen molar-refractivity contribution in [2.45, 2.75) is 0 Å². The smallest absolute Gasteiger partial charge is 0.267 e. The van der Waals surface area contributed by atoms with E-state index in [9.17, 15) is 14.9 Å². The van der Waals surface area contributed by atoms with Crippen molar-refractivity contribution in [3.63, 3.8) is 0 Å². The van der Waals surface area contributed by atoms with Crippen LogP contribution >= 0.6 is 11.3 Å². The van der Waals surface area contributed by atoms with Crippen molar-refractivity contribution >= 4 is 29.1 Å². The molecule has 6 nitrogen and oxygen atoms in total. The van der Waals surface area contributed by atoms with Gasteiger partial charge >= 0.3 is 0 Å². The molecule has 0 aliphatic carbocycles. The predicted molar refractivity (Wildman–Crippen MR) is 72.5 cm³/mol. The summed E-state index contributed by atoms with van der Waals surface area (Å²) in [6.45, 7) is 0. The summed E-state index contributed by atoms with van der Waals surface area (Å²) < 4.78 is 0. The number of amides is 1. The number of rotatable bonds is 4. The van der Waals surface area contributed by atoms with Crippen LogP contribution in [-0.2, 0) is 0 Å². The monoisotopic (exact) mass is 275 g/mol. The summed E-state index contributed by atoms with van der Waals surface area (Å²) in [4.78, 5) is 22.5. The summed E-state index contributed by atoms with van der Waals surface area (Å²) in [6, 6.07) is 9.06. The van der Waals surface area contributed by atoms with Crippen LogP contribution in [0.5, 0.6) is 0 Å². The first-order valence-electron chi connectivity index (χ1n) is 5.28. The maximum atomic E-state index is 11.7. The first-order chi connectivity index (χ1) is 9.16. The minimum absolute atomic E-state index is 0.0568. The second-order valence-corrected chi connectivity index (χ2v) is 4.50. The van der Waals surface area contributed by atoms with E-state index in [0.29, 0.717) is 5.56 Å². The molecule has 0 aliphatic rings. The first kappa shape index (κ1) is 12.9. The molecule has 19 heavy (non-hydrogen) atoms. The SMILES string of the molecule is O=C(N/N=C\c1cccs1)c1ccc([N+](=O)[O-])cc1. The number of carbonyl (C=O) groups is 1. The molecule has 96 valence electrons. The highest BCUT2D eigenvalue weighted by Gasteiger charge is 2.08. The quantitative estimate of drug-likeness (QED) is 0.528. The molecule has 1 aromatic heterocycles. The van der Waals surface area contributed by atoms with Crippen LogP contribution in [0, 0.1) is 10.1 Å². The van der Waals surface area contributed by atoms with Crippen LogP contribution in [0.15, 0.2) is 46.9 Å². The molecule has 1 N–H and O–H groups in total. The molecule has 1 heterocycles. The van der Waals surface area contributed by atoms with Gasteiger partial charge in [0.15, 0.2) is 0 Å². The normalized spacial score (nSPS) is 10.5. The number of hydrogen-bond acceptors (Lipinski definition) is 5. The van der Waals surface area contributed by atoms with Crippen LogP contribution in [0.1, 0.15) is 15.2 Å². The summed E-state index contributed by atoms with van der Waals surface area (Å²) >= 11 is 1.50. The third-order valence-electron chi connectivity index (χ3n) is 2.24. The fourth-order valence-corrected chi connectivity index (χ4v) is 1.90. The summed E-state index contributed by atoms with van der Waals surface area (Å²) in [5.41, 5.74) is 2.61. The number of carbonyl (C=O) groups excluding carboxylic acids is 1. The lowest BCUT2D eigenvalue weighted by atomic mass is 10.2. The third-order valence-corrected chi connectivity index (χ3v) is 3.05. The number of benzene rings is 1. The molecule has 0 saturated carbocycles. The van der Waals surface area contributed by atoms with Gasteiger partial charge in [0.05, 0.1) is 11.1 Å². The van der Waals surface area contributed by atoms with E-state index in [1.54, 1.807) is 0 Å². The lowest BCUT2D eigenvalue weighted by Gasteiger charge is -1.98. The fraction of sp³-hybridized carbons (Fsp3) is 0. The Labute approximate surface area is 112 Å². The Morgan fingerprint density at radius 3 is 2.63 bits per heavy atom. The van der Waals surface area contributed by atoms with E-state index < -0.39 is 10.8 Å². The van der Waals surface area contributed by atoms with Crippen molar-refractivity contribution in [2.24, 2.45) is 5.10 Å². The topological polar surface area (TPSA) is 84.6 Å². The highest BCUT2D eigenvalue weighted by Crippen LogP contribution is 2.11. The van der Waals surface area contributed by atoms with Crippen LogP contribution in [0.2, 0.25) is 0 Å². The Kier molecular flexibility index (Phi) is 3.99. The number of non-ortho nitro benzene ring substituents is 1. The third kappa shape index (κ3) is 3.46. The Morgan fingerprint density at radius 2 is 2.05 bits per heavy atom. The average Bonchev–Trinajstić information content (AvgIpc) is 2.92. The molecule has 7 heteroatoms. The second-order valence-electron chi connectivity index (χ2n) is 3.52. The molecule has 0 saturated heterocycles. The minimum atomic E-state index is -0.517. The maximum Gasteiger partial charge on any atom is 0.271 e.